The summed E-state index contributed by atoms with van der Waals surface area (Å²) in [7, 11) is -1.48. The molecule has 12 heteroatoms. The molecule has 2 aromatic rings. The summed E-state index contributed by atoms with van der Waals surface area (Å²) < 4.78 is 41.7. The van der Waals surface area contributed by atoms with Gasteiger partial charge in [0.1, 0.15) is 18.4 Å². The van der Waals surface area contributed by atoms with E-state index in [-0.39, 0.29) is 30.6 Å². The smallest absolute Gasteiger partial charge is 0.304 e. The Morgan fingerprint density at radius 1 is 1.03 bits per heavy atom. The van der Waals surface area contributed by atoms with Gasteiger partial charge in [0.25, 0.3) is 0 Å². The van der Waals surface area contributed by atoms with Crippen LogP contribution in [0, 0.1) is 5.82 Å². The van der Waals surface area contributed by atoms with E-state index < -0.39 is 34.5 Å². The van der Waals surface area contributed by atoms with E-state index in [1.165, 1.54) is 37.2 Å². The number of hydrogen-bond donors (Lipinski definition) is 1. The van der Waals surface area contributed by atoms with Crippen LogP contribution in [-0.2, 0) is 26.3 Å². The third-order valence-corrected chi connectivity index (χ3v) is 8.28. The molecule has 37 heavy (non-hydrogen) atoms. The van der Waals surface area contributed by atoms with Gasteiger partial charge in [-0.05, 0) is 61.7 Å². The van der Waals surface area contributed by atoms with Crippen molar-refractivity contribution in [3.63, 3.8) is 0 Å². The molecule has 0 unspecified atom stereocenters. The molecule has 0 heterocycles. The normalized spacial score (nSPS) is 13.2. The SMILES string of the molecule is CC[C@H](C)NC(=O)[C@H](CC)N(Cc1ccc(Cl)cc1Cl)C(=O)CN(c1ccc(F)cc1)S(=O)(=O)N(C)C. The standard InChI is InChI=1S/C25H33Cl2FN4O4S/c1-6-17(3)29-25(34)23(7-2)31(15-18-8-9-19(26)14-22(18)27)24(33)16-32(37(35,36)30(4)5)21-12-10-20(28)11-13-21/h8-14,17,23H,6-7,15-16H2,1-5H3,(H,29,34)/t17-,23-/m0/s1. The van der Waals surface area contributed by atoms with Crippen LogP contribution in [0.3, 0.4) is 0 Å². The van der Waals surface area contributed by atoms with Gasteiger partial charge in [-0.2, -0.15) is 12.7 Å². The van der Waals surface area contributed by atoms with Gasteiger partial charge in [-0.3, -0.25) is 9.59 Å². The molecule has 0 saturated carbocycles. The van der Waals surface area contributed by atoms with Crippen LogP contribution >= 0.6 is 23.2 Å². The highest BCUT2D eigenvalue weighted by atomic mass is 35.5. The molecule has 204 valence electrons. The average molecular weight is 576 g/mol. The van der Waals surface area contributed by atoms with Crippen LogP contribution in [0.15, 0.2) is 42.5 Å². The monoisotopic (exact) mass is 574 g/mol. The molecule has 0 aliphatic heterocycles. The Kier molecular flexibility index (Phi) is 11.2. The lowest BCUT2D eigenvalue weighted by Gasteiger charge is -2.34. The minimum Gasteiger partial charge on any atom is -0.352 e. The molecule has 2 amide bonds. The first kappa shape index (κ1) is 30.8. The Labute approximate surface area is 228 Å². The summed E-state index contributed by atoms with van der Waals surface area (Å²) >= 11 is 12.4. The van der Waals surface area contributed by atoms with Crippen molar-refractivity contribution in [3.8, 4) is 0 Å². The summed E-state index contributed by atoms with van der Waals surface area (Å²) in [5, 5.41) is 3.61. The van der Waals surface area contributed by atoms with E-state index in [2.05, 4.69) is 5.32 Å². The second-order valence-corrected chi connectivity index (χ2v) is 11.7. The number of nitrogens with zero attached hydrogens (tertiary/aromatic N) is 3. The minimum atomic E-state index is -4.14. The highest BCUT2D eigenvalue weighted by molar-refractivity contribution is 7.90. The number of rotatable bonds is 12. The fourth-order valence-electron chi connectivity index (χ4n) is 3.52. The van der Waals surface area contributed by atoms with Crippen LogP contribution < -0.4 is 9.62 Å². The van der Waals surface area contributed by atoms with Crippen LogP contribution in [0.5, 0.6) is 0 Å². The van der Waals surface area contributed by atoms with Crippen molar-refractivity contribution in [1.29, 1.82) is 0 Å². The van der Waals surface area contributed by atoms with Gasteiger partial charge in [0, 0.05) is 36.7 Å². The van der Waals surface area contributed by atoms with Crippen molar-refractivity contribution in [1.82, 2.24) is 14.5 Å². The Balaban J connectivity index is 2.53. The molecule has 2 rings (SSSR count). The van der Waals surface area contributed by atoms with E-state index >= 15 is 0 Å². The molecule has 0 aromatic heterocycles. The summed E-state index contributed by atoms with van der Waals surface area (Å²) in [6, 6.07) is 8.55. The highest BCUT2D eigenvalue weighted by Crippen LogP contribution is 2.25. The predicted octanol–water partition coefficient (Wildman–Crippen LogP) is 4.47. The zero-order chi connectivity index (χ0) is 27.9. The third-order valence-electron chi connectivity index (χ3n) is 5.88. The number of carbonyl (C=O) groups is 2. The number of benzene rings is 2. The molecule has 0 aliphatic carbocycles. The third kappa shape index (κ3) is 8.04. The first-order valence-corrected chi connectivity index (χ1v) is 14.0. The van der Waals surface area contributed by atoms with Gasteiger partial charge in [-0.15, -0.1) is 0 Å². The van der Waals surface area contributed by atoms with Gasteiger partial charge in [0.2, 0.25) is 11.8 Å². The molecule has 0 spiro atoms. The van der Waals surface area contributed by atoms with Crippen molar-refractivity contribution < 1.29 is 22.4 Å². The topological polar surface area (TPSA) is 90.0 Å². The molecule has 0 radical (unpaired) electrons. The maximum absolute atomic E-state index is 13.8. The maximum Gasteiger partial charge on any atom is 0.304 e. The molecule has 0 fully saturated rings. The van der Waals surface area contributed by atoms with Crippen LogP contribution in [0.2, 0.25) is 10.0 Å². The second-order valence-electron chi connectivity index (χ2n) is 8.77. The Morgan fingerprint density at radius 2 is 1.65 bits per heavy atom. The number of anilines is 1. The van der Waals surface area contributed by atoms with Gasteiger partial charge < -0.3 is 10.2 Å². The molecular weight excluding hydrogens is 542 g/mol. The Bertz CT molecular complexity index is 1200. The minimum absolute atomic E-state index is 0.0550. The number of nitrogens with one attached hydrogen (secondary N) is 1. The van der Waals surface area contributed by atoms with E-state index in [1.54, 1.807) is 19.1 Å². The lowest BCUT2D eigenvalue weighted by atomic mass is 10.1. The lowest BCUT2D eigenvalue weighted by Crippen LogP contribution is -2.54. The van der Waals surface area contributed by atoms with E-state index in [1.807, 2.05) is 13.8 Å². The summed E-state index contributed by atoms with van der Waals surface area (Å²) in [6.07, 6.45) is 0.967. The summed E-state index contributed by atoms with van der Waals surface area (Å²) in [4.78, 5) is 28.3. The van der Waals surface area contributed by atoms with Gasteiger partial charge in [-0.1, -0.05) is 43.1 Å². The van der Waals surface area contributed by atoms with Crippen LogP contribution in [0.25, 0.3) is 0 Å². The van der Waals surface area contributed by atoms with Crippen molar-refractivity contribution in [3.05, 3.63) is 63.9 Å². The van der Waals surface area contributed by atoms with Gasteiger partial charge in [0.05, 0.1) is 5.69 Å². The summed E-state index contributed by atoms with van der Waals surface area (Å²) in [5.74, 6) is -1.55. The summed E-state index contributed by atoms with van der Waals surface area (Å²) in [6.45, 7) is 4.87. The number of amides is 2. The molecule has 2 aromatic carbocycles. The fourth-order valence-corrected chi connectivity index (χ4v) is 5.04. The fraction of sp³-hybridized carbons (Fsp3) is 0.440. The second kappa shape index (κ2) is 13.4. The van der Waals surface area contributed by atoms with Crippen molar-refractivity contribution in [2.24, 2.45) is 0 Å². The van der Waals surface area contributed by atoms with E-state index in [0.29, 0.717) is 22.0 Å². The van der Waals surface area contributed by atoms with Gasteiger partial charge >= 0.3 is 10.2 Å². The molecule has 1 N–H and O–H groups in total. The molecular formula is C25H33Cl2FN4O4S. The van der Waals surface area contributed by atoms with Crippen molar-refractivity contribution >= 4 is 50.9 Å². The van der Waals surface area contributed by atoms with Crippen LogP contribution in [0.1, 0.15) is 39.2 Å². The molecule has 0 saturated heterocycles. The first-order chi connectivity index (χ1) is 17.3. The maximum atomic E-state index is 13.8. The van der Waals surface area contributed by atoms with Crippen molar-refractivity contribution in [2.45, 2.75) is 52.2 Å². The quantitative estimate of drug-likeness (QED) is 0.405. The summed E-state index contributed by atoms with van der Waals surface area (Å²) in [5.41, 5.74) is 0.642. The number of hydrogen-bond acceptors (Lipinski definition) is 4. The zero-order valence-corrected chi connectivity index (χ0v) is 23.9. The van der Waals surface area contributed by atoms with Gasteiger partial charge in [0.15, 0.2) is 0 Å². The van der Waals surface area contributed by atoms with Gasteiger partial charge in [-0.25, -0.2) is 8.70 Å². The van der Waals surface area contributed by atoms with E-state index in [9.17, 15) is 22.4 Å². The highest BCUT2D eigenvalue weighted by Gasteiger charge is 2.34. The van der Waals surface area contributed by atoms with E-state index in [0.717, 1.165) is 20.7 Å². The Hall–Kier alpha value is -2.40. The Morgan fingerprint density at radius 3 is 2.16 bits per heavy atom. The zero-order valence-electron chi connectivity index (χ0n) is 21.5. The van der Waals surface area contributed by atoms with Crippen LogP contribution in [-0.4, -0.2) is 62.2 Å². The average Bonchev–Trinajstić information content (AvgIpc) is 2.83. The number of carbonyl (C=O) groups excluding carboxylic acids is 2. The molecule has 0 bridgehead atoms. The first-order valence-electron chi connectivity index (χ1n) is 11.8. The van der Waals surface area contributed by atoms with Crippen LogP contribution in [0.4, 0.5) is 10.1 Å². The van der Waals surface area contributed by atoms with Crippen molar-refractivity contribution in [2.75, 3.05) is 24.9 Å². The molecule has 8 nitrogen and oxygen atoms in total. The lowest BCUT2D eigenvalue weighted by molar-refractivity contribution is -0.140. The predicted molar refractivity (Wildman–Crippen MR) is 145 cm³/mol. The molecule has 0 aliphatic rings. The number of halogens is 3. The molecule has 2 atom stereocenters. The van der Waals surface area contributed by atoms with E-state index in [4.69, 9.17) is 23.2 Å². The largest absolute Gasteiger partial charge is 0.352 e.